The molecule has 7 heteroatoms. The van der Waals surface area contributed by atoms with E-state index in [1.165, 1.54) is 0 Å². The number of nitrogens with one attached hydrogen (secondary N) is 1. The van der Waals surface area contributed by atoms with Crippen LogP contribution in [0.2, 0.25) is 0 Å². The smallest absolute Gasteiger partial charge is 0.325 e. The van der Waals surface area contributed by atoms with Crippen molar-refractivity contribution in [1.82, 2.24) is 20.1 Å². The molecule has 0 fully saturated rings. The van der Waals surface area contributed by atoms with Crippen LogP contribution in [0.4, 0.5) is 0 Å². The van der Waals surface area contributed by atoms with Crippen LogP contribution >= 0.6 is 0 Å². The molecule has 0 atom stereocenters. The Kier molecular flexibility index (Phi) is 6.16. The summed E-state index contributed by atoms with van der Waals surface area (Å²) in [5.41, 5.74) is 2.34. The van der Waals surface area contributed by atoms with Gasteiger partial charge in [-0.25, -0.2) is 9.67 Å². The molecule has 0 spiro atoms. The number of carbonyl (C=O) groups is 2. The third kappa shape index (κ3) is 4.83. The zero-order chi connectivity index (χ0) is 19.8. The van der Waals surface area contributed by atoms with Crippen molar-refractivity contribution in [3.05, 3.63) is 77.9 Å². The van der Waals surface area contributed by atoms with Crippen LogP contribution in [0.25, 0.3) is 5.69 Å². The Morgan fingerprint density at radius 1 is 1.14 bits per heavy atom. The fraction of sp³-hybridized carbons (Fsp3) is 0.143. The number of ether oxygens (including phenoxy) is 1. The number of rotatable bonds is 5. The average Bonchev–Trinajstić information content (AvgIpc) is 3.26. The summed E-state index contributed by atoms with van der Waals surface area (Å²) in [6, 6.07) is 12.3. The van der Waals surface area contributed by atoms with Gasteiger partial charge in [0.05, 0.1) is 17.9 Å². The van der Waals surface area contributed by atoms with Gasteiger partial charge >= 0.3 is 5.97 Å². The lowest BCUT2D eigenvalue weighted by Gasteiger charge is -2.09. The van der Waals surface area contributed by atoms with Gasteiger partial charge in [-0.05, 0) is 49.2 Å². The van der Waals surface area contributed by atoms with Crippen LogP contribution in [0.15, 0.2) is 61.1 Å². The summed E-state index contributed by atoms with van der Waals surface area (Å²) in [6.07, 6.45) is 5.12. The number of pyridine rings is 1. The SMILES string of the molecule is CCOC(=O)CNC(=O)c1ccc(-n2cccn2)c(C#Cc2ccccn2)c1. The maximum atomic E-state index is 12.4. The number of nitrogens with zero attached hydrogens (tertiary/aromatic N) is 3. The number of hydrogen-bond acceptors (Lipinski definition) is 5. The van der Waals surface area contributed by atoms with Gasteiger partial charge < -0.3 is 10.1 Å². The third-order valence-corrected chi connectivity index (χ3v) is 3.70. The van der Waals surface area contributed by atoms with Crippen LogP contribution in [0.5, 0.6) is 0 Å². The normalized spacial score (nSPS) is 9.89. The summed E-state index contributed by atoms with van der Waals surface area (Å²) in [5.74, 6) is 5.17. The van der Waals surface area contributed by atoms with Crippen molar-refractivity contribution in [2.45, 2.75) is 6.92 Å². The lowest BCUT2D eigenvalue weighted by Crippen LogP contribution is -2.30. The van der Waals surface area contributed by atoms with Crippen molar-refractivity contribution in [2.24, 2.45) is 0 Å². The molecule has 3 aromatic rings. The van der Waals surface area contributed by atoms with E-state index in [1.807, 2.05) is 12.1 Å². The molecule has 0 unspecified atom stereocenters. The van der Waals surface area contributed by atoms with E-state index in [0.29, 0.717) is 16.8 Å². The summed E-state index contributed by atoms with van der Waals surface area (Å²) in [7, 11) is 0. The molecular formula is C21H18N4O3. The molecule has 0 saturated heterocycles. The fourth-order valence-electron chi connectivity index (χ4n) is 2.42. The molecule has 2 aromatic heterocycles. The van der Waals surface area contributed by atoms with Gasteiger partial charge in [-0.3, -0.25) is 9.59 Å². The van der Waals surface area contributed by atoms with Crippen LogP contribution in [0, 0.1) is 11.8 Å². The Labute approximate surface area is 162 Å². The van der Waals surface area contributed by atoms with Crippen molar-refractivity contribution < 1.29 is 14.3 Å². The Hall–Kier alpha value is -3.92. The topological polar surface area (TPSA) is 86.1 Å². The summed E-state index contributed by atoms with van der Waals surface area (Å²) < 4.78 is 6.48. The first kappa shape index (κ1) is 18.9. The largest absolute Gasteiger partial charge is 0.465 e. The Balaban J connectivity index is 1.89. The number of amides is 1. The molecular weight excluding hydrogens is 356 g/mol. The highest BCUT2D eigenvalue weighted by atomic mass is 16.5. The Bertz CT molecular complexity index is 1020. The van der Waals surface area contributed by atoms with E-state index in [4.69, 9.17) is 4.74 Å². The highest BCUT2D eigenvalue weighted by Crippen LogP contribution is 2.16. The van der Waals surface area contributed by atoms with Gasteiger partial charge in [-0.1, -0.05) is 12.0 Å². The molecule has 0 aliphatic heterocycles. The van der Waals surface area contributed by atoms with Crippen LogP contribution < -0.4 is 5.32 Å². The standard InChI is InChI=1S/C21H18N4O3/c1-2-28-20(26)15-23-21(27)17-8-10-19(25-13-5-12-24-25)16(14-17)7-9-18-6-3-4-11-22-18/h3-6,8,10-14H,2,15H2,1H3,(H,23,27). The van der Waals surface area contributed by atoms with Gasteiger partial charge in [0, 0.05) is 24.2 Å². The molecule has 2 heterocycles. The number of hydrogen-bond donors (Lipinski definition) is 1. The van der Waals surface area contributed by atoms with E-state index in [2.05, 4.69) is 27.2 Å². The van der Waals surface area contributed by atoms with Crippen LogP contribution in [-0.2, 0) is 9.53 Å². The molecule has 0 aliphatic carbocycles. The van der Waals surface area contributed by atoms with Gasteiger partial charge in [0.25, 0.3) is 5.91 Å². The number of aromatic nitrogens is 3. The molecule has 0 aliphatic rings. The van der Waals surface area contributed by atoms with E-state index >= 15 is 0 Å². The molecule has 1 N–H and O–H groups in total. The maximum absolute atomic E-state index is 12.4. The van der Waals surface area contributed by atoms with Crippen molar-refractivity contribution in [3.63, 3.8) is 0 Å². The number of esters is 1. The second kappa shape index (κ2) is 9.14. The third-order valence-electron chi connectivity index (χ3n) is 3.70. The monoisotopic (exact) mass is 374 g/mol. The minimum absolute atomic E-state index is 0.192. The van der Waals surface area contributed by atoms with Crippen molar-refractivity contribution in [1.29, 1.82) is 0 Å². The second-order valence-electron chi connectivity index (χ2n) is 5.64. The molecule has 3 rings (SSSR count). The Morgan fingerprint density at radius 3 is 2.75 bits per heavy atom. The summed E-state index contributed by atoms with van der Waals surface area (Å²) in [5, 5.41) is 6.77. The molecule has 0 radical (unpaired) electrons. The van der Waals surface area contributed by atoms with Gasteiger partial charge in [-0.2, -0.15) is 5.10 Å². The lowest BCUT2D eigenvalue weighted by molar-refractivity contribution is -0.141. The van der Waals surface area contributed by atoms with E-state index in [-0.39, 0.29) is 19.1 Å². The molecule has 0 saturated carbocycles. The van der Waals surface area contributed by atoms with E-state index in [1.54, 1.807) is 60.5 Å². The average molecular weight is 374 g/mol. The van der Waals surface area contributed by atoms with Crippen molar-refractivity contribution >= 4 is 11.9 Å². The first-order valence-corrected chi connectivity index (χ1v) is 8.68. The van der Waals surface area contributed by atoms with Gasteiger partial charge in [0.1, 0.15) is 12.2 Å². The van der Waals surface area contributed by atoms with E-state index in [9.17, 15) is 9.59 Å². The molecule has 7 nitrogen and oxygen atoms in total. The summed E-state index contributed by atoms with van der Waals surface area (Å²) in [4.78, 5) is 28.0. The van der Waals surface area contributed by atoms with Gasteiger partial charge in [0.15, 0.2) is 0 Å². The maximum Gasteiger partial charge on any atom is 0.325 e. The van der Waals surface area contributed by atoms with E-state index in [0.717, 1.165) is 5.69 Å². The summed E-state index contributed by atoms with van der Waals surface area (Å²) in [6.45, 7) is 1.78. The molecule has 1 amide bonds. The number of benzene rings is 1. The zero-order valence-corrected chi connectivity index (χ0v) is 15.3. The van der Waals surface area contributed by atoms with Crippen molar-refractivity contribution in [2.75, 3.05) is 13.2 Å². The minimum Gasteiger partial charge on any atom is -0.465 e. The quantitative estimate of drug-likeness (QED) is 0.545. The molecule has 28 heavy (non-hydrogen) atoms. The molecule has 1 aromatic carbocycles. The second-order valence-corrected chi connectivity index (χ2v) is 5.64. The Morgan fingerprint density at radius 2 is 2.04 bits per heavy atom. The first-order valence-electron chi connectivity index (χ1n) is 8.68. The van der Waals surface area contributed by atoms with Gasteiger partial charge in [-0.15, -0.1) is 0 Å². The first-order chi connectivity index (χ1) is 13.7. The van der Waals surface area contributed by atoms with Crippen LogP contribution in [-0.4, -0.2) is 39.8 Å². The van der Waals surface area contributed by atoms with Crippen molar-refractivity contribution in [3.8, 4) is 17.5 Å². The van der Waals surface area contributed by atoms with Crippen LogP contribution in [0.3, 0.4) is 0 Å². The summed E-state index contributed by atoms with van der Waals surface area (Å²) >= 11 is 0. The lowest BCUT2D eigenvalue weighted by atomic mass is 10.1. The minimum atomic E-state index is -0.487. The molecule has 140 valence electrons. The highest BCUT2D eigenvalue weighted by molar-refractivity contribution is 5.96. The highest BCUT2D eigenvalue weighted by Gasteiger charge is 2.12. The fourth-order valence-corrected chi connectivity index (χ4v) is 2.42. The van der Waals surface area contributed by atoms with Crippen LogP contribution in [0.1, 0.15) is 28.5 Å². The molecule has 0 bridgehead atoms. The van der Waals surface area contributed by atoms with E-state index < -0.39 is 5.97 Å². The number of carbonyl (C=O) groups excluding carboxylic acids is 2. The zero-order valence-electron chi connectivity index (χ0n) is 15.3. The predicted octanol–water partition coefficient (Wildman–Crippen LogP) is 1.96. The predicted molar refractivity (Wildman–Crippen MR) is 103 cm³/mol. The van der Waals surface area contributed by atoms with Gasteiger partial charge in [0.2, 0.25) is 0 Å².